The molecule has 5 nitrogen and oxygen atoms in total. The maximum atomic E-state index is 11.2. The van der Waals surface area contributed by atoms with Crippen molar-refractivity contribution in [2.24, 2.45) is 5.41 Å². The van der Waals surface area contributed by atoms with Crippen LogP contribution < -0.4 is 4.90 Å². The Balaban J connectivity index is 1.16. The van der Waals surface area contributed by atoms with Crippen LogP contribution in [0.3, 0.4) is 0 Å². The SMILES string of the molecule is O=C(O)CN1CCCC2(CCCN(c3ccc([C@@H]4c5ccc(O)cc5CC[C@@H]4c4ccccc4)cc3)CCC2)CC1. The molecule has 0 saturated carbocycles. The fourth-order valence-electron chi connectivity index (χ4n) is 8.11. The maximum absolute atomic E-state index is 11.2. The number of carboxylic acids is 1. The van der Waals surface area contributed by atoms with Gasteiger partial charge in [0.1, 0.15) is 5.75 Å². The number of carboxylic acid groups (broad SMARTS) is 1. The summed E-state index contributed by atoms with van der Waals surface area (Å²) in [6.45, 7) is 4.19. The molecular weight excluding hydrogens is 508 g/mol. The van der Waals surface area contributed by atoms with Crippen molar-refractivity contribution in [1.29, 1.82) is 0 Å². The Labute approximate surface area is 244 Å². The normalized spacial score (nSPS) is 23.3. The third kappa shape index (κ3) is 6.30. The zero-order valence-electron chi connectivity index (χ0n) is 24.2. The molecular formula is C36H44N2O3. The molecule has 2 atom stereocenters. The molecule has 3 aromatic rings. The fourth-order valence-corrected chi connectivity index (χ4v) is 8.11. The smallest absolute Gasteiger partial charge is 0.317 e. The summed E-state index contributed by atoms with van der Waals surface area (Å²) in [5.74, 6) is 0.348. The first-order valence-corrected chi connectivity index (χ1v) is 15.7. The highest BCUT2D eigenvalue weighted by Crippen LogP contribution is 2.47. The fraction of sp³-hybridized carbons (Fsp3) is 0.472. The van der Waals surface area contributed by atoms with E-state index in [-0.39, 0.29) is 12.5 Å². The van der Waals surface area contributed by atoms with Gasteiger partial charge in [0.05, 0.1) is 6.54 Å². The van der Waals surface area contributed by atoms with Crippen LogP contribution in [-0.4, -0.2) is 53.8 Å². The van der Waals surface area contributed by atoms with Crippen LogP contribution in [-0.2, 0) is 11.2 Å². The second-order valence-corrected chi connectivity index (χ2v) is 12.7. The number of phenolic OH excluding ortho intramolecular Hbond substituents is 1. The van der Waals surface area contributed by atoms with Gasteiger partial charge in [0.15, 0.2) is 0 Å². The van der Waals surface area contributed by atoms with Crippen LogP contribution in [0.4, 0.5) is 5.69 Å². The Morgan fingerprint density at radius 2 is 1.51 bits per heavy atom. The number of aliphatic carboxylic acids is 1. The molecule has 2 N–H and O–H groups in total. The molecule has 0 unspecified atom stereocenters. The molecule has 6 rings (SSSR count). The van der Waals surface area contributed by atoms with E-state index in [0.29, 0.717) is 17.1 Å². The lowest BCUT2D eigenvalue weighted by atomic mass is 9.69. The summed E-state index contributed by atoms with van der Waals surface area (Å²) in [6, 6.07) is 26.2. The van der Waals surface area contributed by atoms with Gasteiger partial charge in [-0.2, -0.15) is 0 Å². The molecule has 3 aliphatic rings. The number of hydrogen-bond donors (Lipinski definition) is 2. The van der Waals surface area contributed by atoms with E-state index in [4.69, 9.17) is 0 Å². The van der Waals surface area contributed by atoms with E-state index in [1.54, 1.807) is 0 Å². The Bertz CT molecular complexity index is 1310. The molecule has 41 heavy (non-hydrogen) atoms. The van der Waals surface area contributed by atoms with Crippen LogP contribution in [0.1, 0.15) is 85.5 Å². The van der Waals surface area contributed by atoms with Crippen LogP contribution in [0.2, 0.25) is 0 Å². The van der Waals surface area contributed by atoms with Crippen LogP contribution in [0.25, 0.3) is 0 Å². The summed E-state index contributed by atoms with van der Waals surface area (Å²) < 4.78 is 0. The molecule has 0 aromatic heterocycles. The zero-order chi connectivity index (χ0) is 28.2. The van der Waals surface area contributed by atoms with Crippen molar-refractivity contribution < 1.29 is 15.0 Å². The lowest BCUT2D eigenvalue weighted by molar-refractivity contribution is -0.138. The van der Waals surface area contributed by atoms with Crippen molar-refractivity contribution in [3.8, 4) is 5.75 Å². The van der Waals surface area contributed by atoms with Gasteiger partial charge in [-0.05, 0) is 129 Å². The number of aryl methyl sites for hydroxylation is 1. The minimum absolute atomic E-state index is 0.181. The number of nitrogens with zero attached hydrogens (tertiary/aromatic N) is 2. The van der Waals surface area contributed by atoms with Gasteiger partial charge in [-0.3, -0.25) is 9.69 Å². The quantitative estimate of drug-likeness (QED) is 0.351. The second-order valence-electron chi connectivity index (χ2n) is 12.7. The Kier molecular flexibility index (Phi) is 8.34. The summed E-state index contributed by atoms with van der Waals surface area (Å²) in [4.78, 5) is 15.9. The molecule has 1 aliphatic carbocycles. The Morgan fingerprint density at radius 1 is 0.805 bits per heavy atom. The topological polar surface area (TPSA) is 64.0 Å². The first kappa shape index (κ1) is 27.8. The molecule has 5 heteroatoms. The van der Waals surface area contributed by atoms with Gasteiger partial charge in [0.2, 0.25) is 0 Å². The van der Waals surface area contributed by atoms with Crippen LogP contribution in [0.15, 0.2) is 72.8 Å². The monoisotopic (exact) mass is 552 g/mol. The number of rotatable bonds is 5. The summed E-state index contributed by atoms with van der Waals surface area (Å²) in [6.07, 6.45) is 10.4. The predicted molar refractivity (Wildman–Crippen MR) is 165 cm³/mol. The predicted octanol–water partition coefficient (Wildman–Crippen LogP) is 7.19. The van der Waals surface area contributed by atoms with Crippen molar-refractivity contribution in [3.05, 3.63) is 95.1 Å². The van der Waals surface area contributed by atoms with Gasteiger partial charge in [0, 0.05) is 24.7 Å². The van der Waals surface area contributed by atoms with Crippen molar-refractivity contribution in [2.75, 3.05) is 37.6 Å². The van der Waals surface area contributed by atoms with E-state index in [9.17, 15) is 15.0 Å². The Morgan fingerprint density at radius 3 is 2.22 bits per heavy atom. The third-order valence-electron chi connectivity index (χ3n) is 10.2. The van der Waals surface area contributed by atoms with Crippen molar-refractivity contribution in [3.63, 3.8) is 0 Å². The molecule has 2 fully saturated rings. The number of fused-ring (bicyclic) bond motifs is 1. The number of carbonyl (C=O) groups is 1. The molecule has 2 heterocycles. The van der Waals surface area contributed by atoms with E-state index >= 15 is 0 Å². The second kappa shape index (κ2) is 12.3. The van der Waals surface area contributed by atoms with Crippen LogP contribution >= 0.6 is 0 Å². The summed E-state index contributed by atoms with van der Waals surface area (Å²) in [7, 11) is 0. The largest absolute Gasteiger partial charge is 0.508 e. The molecule has 2 aliphatic heterocycles. The number of phenols is 1. The molecule has 0 bridgehead atoms. The van der Waals surface area contributed by atoms with E-state index < -0.39 is 5.97 Å². The lowest BCUT2D eigenvalue weighted by Crippen LogP contribution is -2.34. The van der Waals surface area contributed by atoms with Crippen molar-refractivity contribution in [1.82, 2.24) is 4.90 Å². The van der Waals surface area contributed by atoms with Crippen molar-refractivity contribution >= 4 is 11.7 Å². The molecule has 1 spiro atoms. The maximum Gasteiger partial charge on any atom is 0.317 e. The first-order chi connectivity index (χ1) is 20.0. The highest BCUT2D eigenvalue weighted by atomic mass is 16.4. The van der Waals surface area contributed by atoms with Gasteiger partial charge < -0.3 is 15.1 Å². The van der Waals surface area contributed by atoms with Crippen LogP contribution in [0, 0.1) is 5.41 Å². The van der Waals surface area contributed by atoms with E-state index in [0.717, 1.165) is 51.9 Å². The van der Waals surface area contributed by atoms with E-state index in [1.165, 1.54) is 60.0 Å². The van der Waals surface area contributed by atoms with Gasteiger partial charge in [-0.1, -0.05) is 48.5 Å². The third-order valence-corrected chi connectivity index (χ3v) is 10.2. The van der Waals surface area contributed by atoms with Gasteiger partial charge in [-0.25, -0.2) is 0 Å². The average Bonchev–Trinajstić information content (AvgIpc) is 3.17. The van der Waals surface area contributed by atoms with Gasteiger partial charge in [0.25, 0.3) is 0 Å². The number of anilines is 1. The van der Waals surface area contributed by atoms with Crippen LogP contribution in [0.5, 0.6) is 5.75 Å². The molecule has 216 valence electrons. The zero-order valence-corrected chi connectivity index (χ0v) is 24.2. The average molecular weight is 553 g/mol. The summed E-state index contributed by atoms with van der Waals surface area (Å²) in [5, 5.41) is 19.4. The molecule has 0 radical (unpaired) electrons. The highest BCUT2D eigenvalue weighted by Gasteiger charge is 2.34. The van der Waals surface area contributed by atoms with Gasteiger partial charge in [-0.15, -0.1) is 0 Å². The molecule has 0 amide bonds. The highest BCUT2D eigenvalue weighted by molar-refractivity contribution is 5.69. The minimum atomic E-state index is -0.706. The molecule has 3 aromatic carbocycles. The number of likely N-dealkylation sites (tertiary alicyclic amines) is 1. The van der Waals surface area contributed by atoms with E-state index in [2.05, 4.69) is 70.5 Å². The summed E-state index contributed by atoms with van der Waals surface area (Å²) in [5.41, 5.74) is 7.06. The number of hydrogen-bond acceptors (Lipinski definition) is 4. The van der Waals surface area contributed by atoms with E-state index in [1.807, 2.05) is 12.1 Å². The minimum Gasteiger partial charge on any atom is -0.508 e. The molecule has 2 saturated heterocycles. The first-order valence-electron chi connectivity index (χ1n) is 15.7. The van der Waals surface area contributed by atoms with Gasteiger partial charge >= 0.3 is 5.97 Å². The lowest BCUT2D eigenvalue weighted by Gasteiger charge is -2.38. The number of benzene rings is 3. The number of aromatic hydroxyl groups is 1. The van der Waals surface area contributed by atoms with Crippen molar-refractivity contribution in [2.45, 2.75) is 69.6 Å². The standard InChI is InChI=1S/C36H44N2O3/c39-31-14-16-33-29(25-31)11-15-32(27-7-2-1-3-8-27)35(33)28-9-12-30(13-10-28)38-22-5-18-36(19-6-23-38)17-4-21-37(24-20-36)26-34(40)41/h1-3,7-10,12-14,16,25,32,35,39H,4-6,11,15,17-24,26H2,(H,40,41)/t32-,35+/m1/s1. The Hall–Kier alpha value is -3.31. The summed E-state index contributed by atoms with van der Waals surface area (Å²) >= 11 is 0.